The van der Waals surface area contributed by atoms with Crippen LogP contribution in [0.25, 0.3) is 0 Å². The monoisotopic (exact) mass is 218 g/mol. The minimum atomic E-state index is -0.748. The van der Waals surface area contributed by atoms with Crippen molar-refractivity contribution in [2.24, 2.45) is 0 Å². The van der Waals surface area contributed by atoms with E-state index < -0.39 is 11.6 Å². The SMILES string of the molecule is O=Cc1ccc(F)c(O)c1Br. The molecule has 4 heteroatoms. The second-order valence-corrected chi connectivity index (χ2v) is 2.71. The molecule has 0 aliphatic rings. The number of rotatable bonds is 1. The lowest BCUT2D eigenvalue weighted by Gasteiger charge is -1.99. The summed E-state index contributed by atoms with van der Waals surface area (Å²) in [6.45, 7) is 0. The van der Waals surface area contributed by atoms with Crippen LogP contribution < -0.4 is 0 Å². The van der Waals surface area contributed by atoms with Crippen LogP contribution in [0.2, 0.25) is 0 Å². The lowest BCUT2D eigenvalue weighted by atomic mass is 10.2. The van der Waals surface area contributed by atoms with Crippen LogP contribution in [0.4, 0.5) is 4.39 Å². The number of aldehydes is 1. The van der Waals surface area contributed by atoms with E-state index in [0.717, 1.165) is 6.07 Å². The van der Waals surface area contributed by atoms with E-state index in [1.807, 2.05) is 0 Å². The van der Waals surface area contributed by atoms with Crippen LogP contribution in [0.3, 0.4) is 0 Å². The van der Waals surface area contributed by atoms with Crippen LogP contribution in [-0.2, 0) is 0 Å². The van der Waals surface area contributed by atoms with Crippen molar-refractivity contribution in [1.82, 2.24) is 0 Å². The van der Waals surface area contributed by atoms with Gasteiger partial charge in [0.25, 0.3) is 0 Å². The third-order valence-electron chi connectivity index (χ3n) is 1.22. The summed E-state index contributed by atoms with van der Waals surface area (Å²) in [6.07, 6.45) is 0.531. The van der Waals surface area contributed by atoms with Crippen LogP contribution in [0, 0.1) is 5.82 Å². The first-order valence-corrected chi connectivity index (χ1v) is 3.58. The number of phenols is 1. The van der Waals surface area contributed by atoms with Gasteiger partial charge in [0.05, 0.1) is 4.47 Å². The van der Waals surface area contributed by atoms with Crippen molar-refractivity contribution in [3.8, 4) is 5.75 Å². The molecule has 0 spiro atoms. The van der Waals surface area contributed by atoms with Crippen molar-refractivity contribution < 1.29 is 14.3 Å². The van der Waals surface area contributed by atoms with E-state index >= 15 is 0 Å². The fourth-order valence-electron chi connectivity index (χ4n) is 0.648. The maximum atomic E-state index is 12.5. The number of carbonyl (C=O) groups is 1. The average Bonchev–Trinajstić information content (AvgIpc) is 2.01. The van der Waals surface area contributed by atoms with E-state index in [1.54, 1.807) is 0 Å². The van der Waals surface area contributed by atoms with Crippen LogP contribution >= 0.6 is 15.9 Å². The molecule has 0 radical (unpaired) electrons. The Hall–Kier alpha value is -0.900. The van der Waals surface area contributed by atoms with E-state index in [2.05, 4.69) is 15.9 Å². The van der Waals surface area contributed by atoms with Crippen LogP contribution in [0.5, 0.6) is 5.75 Å². The summed E-state index contributed by atoms with van der Waals surface area (Å²) in [7, 11) is 0. The molecule has 1 N–H and O–H groups in total. The lowest BCUT2D eigenvalue weighted by Crippen LogP contribution is -1.85. The summed E-state index contributed by atoms with van der Waals surface area (Å²) in [5.41, 5.74) is 0.226. The van der Waals surface area contributed by atoms with Crippen molar-refractivity contribution in [3.05, 3.63) is 28.0 Å². The van der Waals surface area contributed by atoms with Gasteiger partial charge in [0.2, 0.25) is 0 Å². The molecule has 58 valence electrons. The molecule has 0 unspecified atom stereocenters. The molecule has 0 aliphatic carbocycles. The van der Waals surface area contributed by atoms with Crippen molar-refractivity contribution >= 4 is 22.2 Å². The zero-order valence-corrected chi connectivity index (χ0v) is 6.93. The van der Waals surface area contributed by atoms with Crippen molar-refractivity contribution in [2.45, 2.75) is 0 Å². The topological polar surface area (TPSA) is 37.3 Å². The highest BCUT2D eigenvalue weighted by molar-refractivity contribution is 9.10. The Labute approximate surface area is 70.8 Å². The molecule has 1 rings (SSSR count). The number of benzene rings is 1. The van der Waals surface area contributed by atoms with Gasteiger partial charge in [-0.05, 0) is 28.1 Å². The minimum absolute atomic E-state index is 0.0903. The first-order chi connectivity index (χ1) is 5.16. The minimum Gasteiger partial charge on any atom is -0.504 e. The number of hydrogen-bond acceptors (Lipinski definition) is 2. The molecule has 1 aromatic carbocycles. The highest BCUT2D eigenvalue weighted by Gasteiger charge is 2.08. The fraction of sp³-hybridized carbons (Fsp3) is 0. The maximum Gasteiger partial charge on any atom is 0.166 e. The number of carbonyl (C=O) groups excluding carboxylic acids is 1. The molecule has 0 aliphatic heterocycles. The van der Waals surface area contributed by atoms with Gasteiger partial charge < -0.3 is 5.11 Å². The summed E-state index contributed by atoms with van der Waals surface area (Å²) < 4.78 is 12.6. The first kappa shape index (κ1) is 8.20. The molecule has 0 fully saturated rings. The molecule has 0 saturated heterocycles. The van der Waals surface area contributed by atoms with Crippen LogP contribution in [-0.4, -0.2) is 11.4 Å². The van der Waals surface area contributed by atoms with Crippen LogP contribution in [0.15, 0.2) is 16.6 Å². The Morgan fingerprint density at radius 3 is 2.73 bits per heavy atom. The summed E-state index contributed by atoms with van der Waals surface area (Å²) in [6, 6.07) is 2.32. The van der Waals surface area contributed by atoms with Gasteiger partial charge in [0, 0.05) is 5.56 Å². The highest BCUT2D eigenvalue weighted by Crippen LogP contribution is 2.28. The molecular formula is C7H4BrFO2. The van der Waals surface area contributed by atoms with E-state index in [-0.39, 0.29) is 10.0 Å². The Morgan fingerprint density at radius 2 is 2.18 bits per heavy atom. The second-order valence-electron chi connectivity index (χ2n) is 1.92. The molecule has 0 amide bonds. The Balaban J connectivity index is 3.36. The molecular weight excluding hydrogens is 215 g/mol. The maximum absolute atomic E-state index is 12.5. The van der Waals surface area contributed by atoms with Crippen molar-refractivity contribution in [1.29, 1.82) is 0 Å². The van der Waals surface area contributed by atoms with Gasteiger partial charge in [-0.3, -0.25) is 4.79 Å². The van der Waals surface area contributed by atoms with Gasteiger partial charge in [0.15, 0.2) is 17.9 Å². The highest BCUT2D eigenvalue weighted by atomic mass is 79.9. The summed E-state index contributed by atoms with van der Waals surface area (Å²) in [4.78, 5) is 10.2. The Bertz CT molecular complexity index is 299. The molecule has 0 saturated carbocycles. The zero-order valence-electron chi connectivity index (χ0n) is 5.34. The van der Waals surface area contributed by atoms with Crippen molar-refractivity contribution in [3.63, 3.8) is 0 Å². The second kappa shape index (κ2) is 3.00. The van der Waals surface area contributed by atoms with E-state index in [0.29, 0.717) is 6.29 Å². The quantitative estimate of drug-likeness (QED) is 0.734. The van der Waals surface area contributed by atoms with E-state index in [4.69, 9.17) is 5.11 Å². The molecule has 0 bridgehead atoms. The fourth-order valence-corrected chi connectivity index (χ4v) is 1.06. The summed E-state index contributed by atoms with van der Waals surface area (Å²) >= 11 is 2.87. The largest absolute Gasteiger partial charge is 0.504 e. The molecule has 2 nitrogen and oxygen atoms in total. The molecule has 0 heterocycles. The van der Waals surface area contributed by atoms with Gasteiger partial charge in [-0.2, -0.15) is 0 Å². The summed E-state index contributed by atoms with van der Waals surface area (Å²) in [5, 5.41) is 8.94. The van der Waals surface area contributed by atoms with Gasteiger partial charge in [-0.25, -0.2) is 4.39 Å². The van der Waals surface area contributed by atoms with Crippen molar-refractivity contribution in [2.75, 3.05) is 0 Å². The number of phenolic OH excluding ortho intramolecular Hbond substituents is 1. The number of aromatic hydroxyl groups is 1. The van der Waals surface area contributed by atoms with E-state index in [1.165, 1.54) is 6.07 Å². The number of hydrogen-bond donors (Lipinski definition) is 1. The first-order valence-electron chi connectivity index (χ1n) is 2.79. The Morgan fingerprint density at radius 1 is 1.55 bits per heavy atom. The molecule has 0 atom stereocenters. The molecule has 11 heavy (non-hydrogen) atoms. The predicted octanol–water partition coefficient (Wildman–Crippen LogP) is 2.11. The standard InChI is InChI=1S/C7H4BrFO2/c8-6-4(3-10)1-2-5(9)7(6)11/h1-3,11H. The Kier molecular flexibility index (Phi) is 2.24. The smallest absolute Gasteiger partial charge is 0.166 e. The lowest BCUT2D eigenvalue weighted by molar-refractivity contribution is 0.112. The normalized spacial score (nSPS) is 9.64. The number of halogens is 2. The molecule has 1 aromatic rings. The third kappa shape index (κ3) is 1.40. The average molecular weight is 219 g/mol. The van der Waals surface area contributed by atoms with Gasteiger partial charge in [-0.15, -0.1) is 0 Å². The summed E-state index contributed by atoms with van der Waals surface area (Å²) in [5.74, 6) is -1.28. The van der Waals surface area contributed by atoms with Gasteiger partial charge >= 0.3 is 0 Å². The van der Waals surface area contributed by atoms with Gasteiger partial charge in [0.1, 0.15) is 0 Å². The van der Waals surface area contributed by atoms with Crippen LogP contribution in [0.1, 0.15) is 10.4 Å². The third-order valence-corrected chi connectivity index (χ3v) is 2.06. The van der Waals surface area contributed by atoms with E-state index in [9.17, 15) is 9.18 Å². The van der Waals surface area contributed by atoms with Gasteiger partial charge in [-0.1, -0.05) is 0 Å². The molecule has 0 aromatic heterocycles. The predicted molar refractivity (Wildman–Crippen MR) is 41.2 cm³/mol. The zero-order chi connectivity index (χ0) is 8.43.